The topological polar surface area (TPSA) is 21.3 Å². The quantitative estimate of drug-likeness (QED) is 0.817. The molecule has 2 bridgehead atoms. The Morgan fingerprint density at radius 3 is 2.37 bits per heavy atom. The first-order chi connectivity index (χ1) is 9.31. The van der Waals surface area contributed by atoms with E-state index in [9.17, 15) is 0 Å². The van der Waals surface area contributed by atoms with Crippen LogP contribution < -0.4 is 5.32 Å². The molecule has 110 valence electrons. The van der Waals surface area contributed by atoms with Crippen LogP contribution in [0.15, 0.2) is 0 Å². The molecule has 4 unspecified atom stereocenters. The maximum atomic E-state index is 6.11. The van der Waals surface area contributed by atoms with Crippen molar-refractivity contribution in [2.75, 3.05) is 6.54 Å². The smallest absolute Gasteiger partial charge is 0.0623 e. The molecule has 3 rings (SSSR count). The van der Waals surface area contributed by atoms with Gasteiger partial charge in [0.1, 0.15) is 0 Å². The van der Waals surface area contributed by atoms with E-state index in [0.29, 0.717) is 12.2 Å². The molecule has 0 aromatic rings. The average Bonchev–Trinajstić information content (AvgIpc) is 3.07. The summed E-state index contributed by atoms with van der Waals surface area (Å²) in [6.07, 6.45) is 12.4. The van der Waals surface area contributed by atoms with E-state index in [1.807, 2.05) is 0 Å². The van der Waals surface area contributed by atoms with Crippen LogP contribution in [0, 0.1) is 17.8 Å². The zero-order valence-electron chi connectivity index (χ0n) is 12.7. The maximum absolute atomic E-state index is 6.11. The molecule has 0 aromatic carbocycles. The summed E-state index contributed by atoms with van der Waals surface area (Å²) >= 11 is 0. The van der Waals surface area contributed by atoms with Gasteiger partial charge in [0.05, 0.1) is 12.2 Å². The van der Waals surface area contributed by atoms with Gasteiger partial charge in [0.2, 0.25) is 0 Å². The number of nitrogens with one attached hydrogen (secondary N) is 1. The van der Waals surface area contributed by atoms with Crippen LogP contribution in [0.1, 0.15) is 65.2 Å². The monoisotopic (exact) mass is 265 g/mol. The molecule has 0 radical (unpaired) electrons. The predicted molar refractivity (Wildman–Crippen MR) is 79.2 cm³/mol. The summed E-state index contributed by atoms with van der Waals surface area (Å²) in [4.78, 5) is 0. The summed E-state index contributed by atoms with van der Waals surface area (Å²) in [5.74, 6) is 2.73. The van der Waals surface area contributed by atoms with E-state index in [-0.39, 0.29) is 0 Å². The molecule has 3 aliphatic rings. The van der Waals surface area contributed by atoms with E-state index in [0.717, 1.165) is 30.3 Å². The van der Waals surface area contributed by atoms with Crippen LogP contribution in [0.25, 0.3) is 0 Å². The van der Waals surface area contributed by atoms with Crippen LogP contribution in [0.4, 0.5) is 0 Å². The average molecular weight is 265 g/mol. The molecule has 1 aliphatic carbocycles. The Bertz CT molecular complexity index is 285. The van der Waals surface area contributed by atoms with Gasteiger partial charge in [0.25, 0.3) is 0 Å². The first kappa shape index (κ1) is 13.9. The van der Waals surface area contributed by atoms with Crippen molar-refractivity contribution in [3.63, 3.8) is 0 Å². The largest absolute Gasteiger partial charge is 0.375 e. The van der Waals surface area contributed by atoms with E-state index < -0.39 is 0 Å². The standard InChI is InChI=1S/C17H31NO/c1-3-12-5-7-13(8-6-12)17(18-4-2)15-11-14-9-10-16(15)19-14/h12-18H,3-11H2,1-2H3. The summed E-state index contributed by atoms with van der Waals surface area (Å²) < 4.78 is 6.11. The predicted octanol–water partition coefficient (Wildman–Crippen LogP) is 3.75. The summed E-state index contributed by atoms with van der Waals surface area (Å²) in [5.41, 5.74) is 0. The van der Waals surface area contributed by atoms with Crippen LogP contribution in [-0.2, 0) is 4.74 Å². The molecule has 2 saturated heterocycles. The summed E-state index contributed by atoms with van der Waals surface area (Å²) in [5, 5.41) is 3.83. The third-order valence-corrected chi connectivity index (χ3v) is 6.03. The van der Waals surface area contributed by atoms with Crippen molar-refractivity contribution in [1.82, 2.24) is 5.32 Å². The van der Waals surface area contributed by atoms with E-state index in [1.54, 1.807) is 0 Å². The Balaban J connectivity index is 1.61. The highest BCUT2D eigenvalue weighted by molar-refractivity contribution is 4.98. The molecule has 1 N–H and O–H groups in total. The van der Waals surface area contributed by atoms with E-state index in [1.165, 1.54) is 51.4 Å². The first-order valence-corrected chi connectivity index (χ1v) is 8.70. The van der Waals surface area contributed by atoms with Crippen molar-refractivity contribution in [2.45, 2.75) is 83.5 Å². The molecular formula is C17H31NO. The number of hydrogen-bond acceptors (Lipinski definition) is 2. The Kier molecular flexibility index (Phi) is 4.48. The van der Waals surface area contributed by atoms with Crippen LogP contribution in [-0.4, -0.2) is 24.8 Å². The highest BCUT2D eigenvalue weighted by Gasteiger charge is 2.46. The molecule has 2 aliphatic heterocycles. The third kappa shape index (κ3) is 2.85. The summed E-state index contributed by atoms with van der Waals surface area (Å²) in [6, 6.07) is 0.734. The maximum Gasteiger partial charge on any atom is 0.0623 e. The minimum absolute atomic E-state index is 0.581. The van der Waals surface area contributed by atoms with Crippen LogP contribution in [0.2, 0.25) is 0 Å². The SMILES string of the molecule is CCNC(C1CCC(CC)CC1)C1CC2CCC1O2. The molecule has 0 aromatic heterocycles. The second-order valence-electron chi connectivity index (χ2n) is 7.05. The van der Waals surface area contributed by atoms with Gasteiger partial charge in [-0.2, -0.15) is 0 Å². The van der Waals surface area contributed by atoms with Gasteiger partial charge in [0.15, 0.2) is 0 Å². The molecule has 0 amide bonds. The van der Waals surface area contributed by atoms with Crippen LogP contribution >= 0.6 is 0 Å². The fourth-order valence-corrected chi connectivity index (χ4v) is 4.91. The van der Waals surface area contributed by atoms with E-state index in [4.69, 9.17) is 4.74 Å². The zero-order chi connectivity index (χ0) is 13.2. The molecule has 3 fully saturated rings. The number of hydrogen-bond donors (Lipinski definition) is 1. The Labute approximate surface area is 118 Å². The van der Waals surface area contributed by atoms with Crippen molar-refractivity contribution in [1.29, 1.82) is 0 Å². The van der Waals surface area contributed by atoms with Crippen molar-refractivity contribution < 1.29 is 4.74 Å². The molecule has 2 heteroatoms. The van der Waals surface area contributed by atoms with Crippen molar-refractivity contribution in [2.24, 2.45) is 17.8 Å². The van der Waals surface area contributed by atoms with Crippen molar-refractivity contribution in [3.8, 4) is 0 Å². The normalized spacial score (nSPS) is 43.6. The first-order valence-electron chi connectivity index (χ1n) is 8.70. The van der Waals surface area contributed by atoms with Crippen LogP contribution in [0.5, 0.6) is 0 Å². The third-order valence-electron chi connectivity index (χ3n) is 6.03. The van der Waals surface area contributed by atoms with Gasteiger partial charge in [-0.05, 0) is 50.5 Å². The molecule has 2 heterocycles. The summed E-state index contributed by atoms with van der Waals surface area (Å²) in [7, 11) is 0. The Morgan fingerprint density at radius 2 is 1.84 bits per heavy atom. The number of rotatable bonds is 5. The van der Waals surface area contributed by atoms with Gasteiger partial charge in [-0.25, -0.2) is 0 Å². The number of fused-ring (bicyclic) bond motifs is 2. The minimum Gasteiger partial charge on any atom is -0.375 e. The highest BCUT2D eigenvalue weighted by Crippen LogP contribution is 2.44. The molecule has 19 heavy (non-hydrogen) atoms. The van der Waals surface area contributed by atoms with Gasteiger partial charge in [0, 0.05) is 12.0 Å². The molecule has 2 nitrogen and oxygen atoms in total. The lowest BCUT2D eigenvalue weighted by molar-refractivity contribution is 0.0735. The van der Waals surface area contributed by atoms with Gasteiger partial charge < -0.3 is 10.1 Å². The van der Waals surface area contributed by atoms with E-state index in [2.05, 4.69) is 19.2 Å². The van der Waals surface area contributed by atoms with Gasteiger partial charge in [-0.3, -0.25) is 0 Å². The molecule has 0 spiro atoms. The van der Waals surface area contributed by atoms with Gasteiger partial charge >= 0.3 is 0 Å². The molecule has 1 saturated carbocycles. The number of ether oxygens (including phenoxy) is 1. The van der Waals surface area contributed by atoms with Gasteiger partial charge in [-0.15, -0.1) is 0 Å². The zero-order valence-corrected chi connectivity index (χ0v) is 12.7. The lowest BCUT2D eigenvalue weighted by Gasteiger charge is -2.39. The minimum atomic E-state index is 0.581. The second kappa shape index (κ2) is 6.13. The molecule has 4 atom stereocenters. The summed E-state index contributed by atoms with van der Waals surface area (Å²) in [6.45, 7) is 5.74. The van der Waals surface area contributed by atoms with Crippen molar-refractivity contribution >= 4 is 0 Å². The Hall–Kier alpha value is -0.0800. The van der Waals surface area contributed by atoms with Crippen LogP contribution in [0.3, 0.4) is 0 Å². The lowest BCUT2D eigenvalue weighted by Crippen LogP contribution is -2.46. The lowest BCUT2D eigenvalue weighted by atomic mass is 9.71. The Morgan fingerprint density at radius 1 is 1.05 bits per heavy atom. The second-order valence-corrected chi connectivity index (χ2v) is 7.05. The highest BCUT2D eigenvalue weighted by atomic mass is 16.5. The fourth-order valence-electron chi connectivity index (χ4n) is 4.91. The van der Waals surface area contributed by atoms with Crippen molar-refractivity contribution in [3.05, 3.63) is 0 Å². The van der Waals surface area contributed by atoms with E-state index >= 15 is 0 Å². The fraction of sp³-hybridized carbons (Fsp3) is 1.00. The molecular weight excluding hydrogens is 234 g/mol. The van der Waals surface area contributed by atoms with Gasteiger partial charge in [-0.1, -0.05) is 33.1 Å².